The summed E-state index contributed by atoms with van der Waals surface area (Å²) in [4.78, 5) is 8.19. The molecule has 1 N–H and O–H groups in total. The monoisotopic (exact) mass is 384 g/mol. The number of H-pyrrole nitrogens is 1. The first-order valence-corrected chi connectivity index (χ1v) is 11.2. The highest BCUT2D eigenvalue weighted by molar-refractivity contribution is 7.90. The van der Waals surface area contributed by atoms with Gasteiger partial charge in [-0.25, -0.2) is 13.4 Å². The highest BCUT2D eigenvalue weighted by atomic mass is 32.2. The van der Waals surface area contributed by atoms with Crippen LogP contribution in [0, 0.1) is 0 Å². The van der Waals surface area contributed by atoms with Crippen molar-refractivity contribution in [2.24, 2.45) is 0 Å². The van der Waals surface area contributed by atoms with Gasteiger partial charge in [0.1, 0.15) is 5.65 Å². The van der Waals surface area contributed by atoms with Crippen molar-refractivity contribution in [2.75, 3.05) is 12.9 Å². The quantitative estimate of drug-likeness (QED) is 0.720. The van der Waals surface area contributed by atoms with Crippen LogP contribution < -0.4 is 0 Å². The number of nitrogens with zero attached hydrogens (tertiary/aromatic N) is 1. The third-order valence-corrected chi connectivity index (χ3v) is 6.40. The predicted octanol–water partition coefficient (Wildman–Crippen LogP) is 4.06. The molecular formula is C21H24N2O3S. The molecule has 4 rings (SSSR count). The Morgan fingerprint density at radius 3 is 2.70 bits per heavy atom. The Balaban J connectivity index is 1.70. The van der Waals surface area contributed by atoms with Gasteiger partial charge in [-0.3, -0.25) is 0 Å². The smallest absolute Gasteiger partial charge is 0.175 e. The van der Waals surface area contributed by atoms with Gasteiger partial charge in [0, 0.05) is 36.1 Å². The van der Waals surface area contributed by atoms with Gasteiger partial charge in [0.25, 0.3) is 0 Å². The lowest BCUT2D eigenvalue weighted by Gasteiger charge is -2.27. The molecule has 0 radical (unpaired) electrons. The molecule has 1 aliphatic heterocycles. The van der Waals surface area contributed by atoms with E-state index in [-0.39, 0.29) is 12.0 Å². The average Bonchev–Trinajstić information content (AvgIpc) is 3.10. The van der Waals surface area contributed by atoms with E-state index in [0.717, 1.165) is 48.2 Å². The van der Waals surface area contributed by atoms with Crippen molar-refractivity contribution >= 4 is 20.9 Å². The molecular weight excluding hydrogens is 360 g/mol. The molecule has 2 aromatic heterocycles. The van der Waals surface area contributed by atoms with E-state index in [1.165, 1.54) is 12.7 Å². The van der Waals surface area contributed by atoms with Gasteiger partial charge in [-0.05, 0) is 61.6 Å². The molecule has 0 aliphatic carbocycles. The van der Waals surface area contributed by atoms with Gasteiger partial charge in [-0.2, -0.15) is 0 Å². The van der Waals surface area contributed by atoms with Crippen molar-refractivity contribution in [3.8, 4) is 0 Å². The summed E-state index contributed by atoms with van der Waals surface area (Å²) in [7, 11) is -3.20. The Morgan fingerprint density at radius 1 is 1.22 bits per heavy atom. The van der Waals surface area contributed by atoms with Crippen molar-refractivity contribution in [1.82, 2.24) is 9.97 Å². The lowest BCUT2D eigenvalue weighted by molar-refractivity contribution is 0.00876. The predicted molar refractivity (Wildman–Crippen MR) is 106 cm³/mol. The second kappa shape index (κ2) is 7.44. The van der Waals surface area contributed by atoms with Crippen LogP contribution in [0.3, 0.4) is 0 Å². The molecule has 5 nitrogen and oxygen atoms in total. The van der Waals surface area contributed by atoms with E-state index in [1.54, 1.807) is 18.3 Å². The first-order chi connectivity index (χ1) is 13.0. The number of rotatable bonds is 5. The molecule has 0 bridgehead atoms. The molecule has 6 heteroatoms. The average molecular weight is 385 g/mol. The number of aromatic nitrogens is 2. The molecule has 0 saturated carbocycles. The van der Waals surface area contributed by atoms with Crippen LogP contribution in [0.4, 0.5) is 0 Å². The normalized spacial score (nSPS) is 19.2. The summed E-state index contributed by atoms with van der Waals surface area (Å²) in [6.45, 7) is 0.818. The van der Waals surface area contributed by atoms with Gasteiger partial charge in [-0.15, -0.1) is 0 Å². The third kappa shape index (κ3) is 4.06. The number of nitrogens with one attached hydrogen (secondary N) is 1. The Morgan fingerprint density at radius 2 is 2.04 bits per heavy atom. The van der Waals surface area contributed by atoms with Gasteiger partial charge < -0.3 is 9.72 Å². The number of benzene rings is 1. The van der Waals surface area contributed by atoms with Gasteiger partial charge in [0.2, 0.25) is 0 Å². The number of hydrogen-bond acceptors (Lipinski definition) is 4. The van der Waals surface area contributed by atoms with Crippen LogP contribution in [0.25, 0.3) is 11.0 Å². The zero-order valence-corrected chi connectivity index (χ0v) is 16.2. The molecule has 3 aromatic rings. The Labute approximate surface area is 159 Å². The number of pyridine rings is 1. The summed E-state index contributed by atoms with van der Waals surface area (Å²) in [5.41, 5.74) is 3.04. The van der Waals surface area contributed by atoms with Gasteiger partial charge >= 0.3 is 0 Å². The molecule has 1 saturated heterocycles. The maximum absolute atomic E-state index is 11.8. The molecule has 1 fully saturated rings. The maximum atomic E-state index is 11.8. The number of fused-ring (bicyclic) bond motifs is 1. The number of sulfone groups is 1. The molecule has 2 atom stereocenters. The molecule has 142 valence electrons. The van der Waals surface area contributed by atoms with E-state index in [0.29, 0.717) is 4.90 Å². The van der Waals surface area contributed by atoms with Gasteiger partial charge in [0.05, 0.1) is 11.0 Å². The van der Waals surface area contributed by atoms with Crippen LogP contribution in [0.2, 0.25) is 0 Å². The van der Waals surface area contributed by atoms with Gasteiger partial charge in [-0.1, -0.05) is 12.1 Å². The van der Waals surface area contributed by atoms with Crippen LogP contribution >= 0.6 is 0 Å². The van der Waals surface area contributed by atoms with Crippen LogP contribution in [-0.2, 0) is 14.6 Å². The Hall–Kier alpha value is -2.18. The first-order valence-electron chi connectivity index (χ1n) is 9.36. The minimum Gasteiger partial charge on any atom is -0.378 e. The van der Waals surface area contributed by atoms with E-state index < -0.39 is 9.84 Å². The molecule has 27 heavy (non-hydrogen) atoms. The summed E-state index contributed by atoms with van der Waals surface area (Å²) in [5, 5.41) is 1.08. The zero-order valence-electron chi connectivity index (χ0n) is 15.4. The zero-order chi connectivity index (χ0) is 18.9. The fourth-order valence-electron chi connectivity index (χ4n) is 3.81. The minimum absolute atomic E-state index is 0.107. The van der Waals surface area contributed by atoms with Crippen LogP contribution in [-0.4, -0.2) is 37.4 Å². The molecule has 3 heterocycles. The van der Waals surface area contributed by atoms with E-state index in [9.17, 15) is 8.42 Å². The van der Waals surface area contributed by atoms with E-state index >= 15 is 0 Å². The van der Waals surface area contributed by atoms with Crippen molar-refractivity contribution < 1.29 is 13.2 Å². The minimum atomic E-state index is -3.20. The number of hydrogen-bond donors (Lipinski definition) is 1. The third-order valence-electron chi connectivity index (χ3n) is 5.27. The summed E-state index contributed by atoms with van der Waals surface area (Å²) < 4.78 is 29.5. The molecule has 1 aromatic carbocycles. The van der Waals surface area contributed by atoms with Crippen molar-refractivity contribution in [3.63, 3.8) is 0 Å². The summed E-state index contributed by atoms with van der Waals surface area (Å²) in [5.74, 6) is 0.107. The van der Waals surface area contributed by atoms with Crippen LogP contribution in [0.15, 0.2) is 53.6 Å². The summed E-state index contributed by atoms with van der Waals surface area (Å²) in [6.07, 6.45) is 7.49. The molecule has 1 aliphatic rings. The molecule has 0 amide bonds. The van der Waals surface area contributed by atoms with Crippen molar-refractivity contribution in [2.45, 2.75) is 42.6 Å². The van der Waals surface area contributed by atoms with Gasteiger partial charge in [0.15, 0.2) is 9.84 Å². The number of ether oxygens (including phenoxy) is 1. The Kier molecular flexibility index (Phi) is 5.02. The topological polar surface area (TPSA) is 72.1 Å². The lowest BCUT2D eigenvalue weighted by atomic mass is 9.88. The fourth-order valence-corrected chi connectivity index (χ4v) is 4.44. The standard InChI is InChI=1S/C21H24N2O3S/c1-27(24,25)18-9-7-15(8-10-18)19(14-17-6-2-3-12-26-17)20-13-16-5-4-11-22-21(16)23-20/h4-5,7-11,13,17,19H,2-3,6,12,14H2,1H3,(H,22,23)/t17-,19?/m0/s1. The van der Waals surface area contributed by atoms with Crippen molar-refractivity contribution in [3.05, 3.63) is 59.9 Å². The molecule has 0 spiro atoms. The second-order valence-electron chi connectivity index (χ2n) is 7.28. The van der Waals surface area contributed by atoms with Crippen LogP contribution in [0.5, 0.6) is 0 Å². The van der Waals surface area contributed by atoms with E-state index in [1.807, 2.05) is 24.3 Å². The maximum Gasteiger partial charge on any atom is 0.175 e. The summed E-state index contributed by atoms with van der Waals surface area (Å²) in [6, 6.07) is 13.3. The second-order valence-corrected chi connectivity index (χ2v) is 9.30. The van der Waals surface area contributed by atoms with E-state index in [2.05, 4.69) is 16.0 Å². The van der Waals surface area contributed by atoms with Crippen LogP contribution in [0.1, 0.15) is 42.9 Å². The van der Waals surface area contributed by atoms with Crippen molar-refractivity contribution in [1.29, 1.82) is 0 Å². The summed E-state index contributed by atoms with van der Waals surface area (Å²) >= 11 is 0. The number of aromatic amines is 1. The first kappa shape index (κ1) is 18.2. The highest BCUT2D eigenvalue weighted by Gasteiger charge is 2.24. The lowest BCUT2D eigenvalue weighted by Crippen LogP contribution is -2.22. The Bertz CT molecular complexity index is 986. The highest BCUT2D eigenvalue weighted by Crippen LogP contribution is 2.34. The largest absolute Gasteiger partial charge is 0.378 e. The van der Waals surface area contributed by atoms with E-state index in [4.69, 9.17) is 4.74 Å². The molecule has 1 unspecified atom stereocenters. The fraction of sp³-hybridized carbons (Fsp3) is 0.381. The SMILES string of the molecule is CS(=O)(=O)c1ccc(C(C[C@@H]2CCCCO2)c2cc3cccnc3[nH]2)cc1.